The molecule has 0 aliphatic rings. The summed E-state index contributed by atoms with van der Waals surface area (Å²) in [4.78, 5) is 46.4. The fourth-order valence-electron chi connectivity index (χ4n) is 4.61. The van der Waals surface area contributed by atoms with Crippen LogP contribution in [0.5, 0.6) is 0 Å². The number of carbonyl (C=O) groups is 4. The second kappa shape index (κ2) is 13.6. The number of nitrogens with zero attached hydrogens (tertiary/aromatic N) is 2. The fraction of sp³-hybridized carbons (Fsp3) is 0.760. The van der Waals surface area contributed by atoms with Crippen LogP contribution in [0.2, 0.25) is 0 Å². The van der Waals surface area contributed by atoms with Gasteiger partial charge < -0.3 is 29.8 Å². The number of nitrogens with one attached hydrogen (secondary N) is 2. The lowest BCUT2D eigenvalue weighted by Crippen LogP contribution is -2.54. The van der Waals surface area contributed by atoms with Crippen molar-refractivity contribution in [2.24, 2.45) is 10.8 Å². The number of quaternary nitrogens is 2. The highest BCUT2D eigenvalue weighted by molar-refractivity contribution is 5.86. The zero-order chi connectivity index (χ0) is 27.5. The summed E-state index contributed by atoms with van der Waals surface area (Å²) in [5, 5.41) is 24.0. The predicted molar refractivity (Wildman–Crippen MR) is 136 cm³/mol. The van der Waals surface area contributed by atoms with Gasteiger partial charge in [-0.15, -0.1) is 0 Å². The number of aliphatic carboxylic acids is 2. The van der Waals surface area contributed by atoms with Crippen LogP contribution in [0.3, 0.4) is 0 Å². The number of carboxylic acid groups (broad SMARTS) is 2. The molecule has 0 rings (SSSR count). The molecule has 2 amide bonds. The molecule has 4 N–H and O–H groups in total. The van der Waals surface area contributed by atoms with E-state index in [1.54, 1.807) is 0 Å². The van der Waals surface area contributed by atoms with Gasteiger partial charge in [0.2, 0.25) is 11.8 Å². The molecule has 0 aromatic carbocycles. The number of rotatable bonds is 18. The first-order chi connectivity index (χ1) is 15.8. The normalized spacial score (nSPS) is 14.0. The molecule has 35 heavy (non-hydrogen) atoms. The standard InChI is InChI=1S/C25H46N4O6/c1-9-20(30)26-17-25(4,5)19-29(8,15-12-23(34)35)14-10-21(31)27-16-24(2,3)18-28(6,7)13-11-22(32)33/h9H,1,10-19H2,2-8H3,(H2-2,26,27,30,31,32,33,34,35)/p+2. The highest BCUT2D eigenvalue weighted by Gasteiger charge is 2.34. The molecule has 1 unspecified atom stereocenters. The van der Waals surface area contributed by atoms with Crippen LogP contribution >= 0.6 is 0 Å². The van der Waals surface area contributed by atoms with Gasteiger partial charge in [-0.05, 0) is 6.08 Å². The minimum Gasteiger partial charge on any atom is -0.481 e. The highest BCUT2D eigenvalue weighted by Crippen LogP contribution is 2.22. The molecule has 202 valence electrons. The molecule has 10 heteroatoms. The molecule has 0 heterocycles. The fourth-order valence-corrected chi connectivity index (χ4v) is 4.61. The van der Waals surface area contributed by atoms with Crippen molar-refractivity contribution in [2.75, 3.05) is 67.0 Å². The zero-order valence-corrected chi connectivity index (χ0v) is 22.8. The number of amides is 2. The molecule has 0 aromatic heterocycles. The average molecular weight is 501 g/mol. The highest BCUT2D eigenvalue weighted by atomic mass is 16.4. The van der Waals surface area contributed by atoms with E-state index in [0.29, 0.717) is 54.8 Å². The van der Waals surface area contributed by atoms with E-state index in [0.717, 1.165) is 0 Å². The number of carbonyl (C=O) groups excluding carboxylic acids is 2. The van der Waals surface area contributed by atoms with Crippen LogP contribution in [0.15, 0.2) is 12.7 Å². The molecule has 1 atom stereocenters. The van der Waals surface area contributed by atoms with Crippen molar-refractivity contribution < 1.29 is 38.4 Å². The molecular weight excluding hydrogens is 452 g/mol. The third-order valence-corrected chi connectivity index (χ3v) is 6.03. The van der Waals surface area contributed by atoms with E-state index in [1.807, 2.05) is 48.8 Å². The smallest absolute Gasteiger partial charge is 0.309 e. The monoisotopic (exact) mass is 500 g/mol. The first-order valence-electron chi connectivity index (χ1n) is 12.1. The van der Waals surface area contributed by atoms with E-state index in [-0.39, 0.29) is 41.9 Å². The summed E-state index contributed by atoms with van der Waals surface area (Å²) >= 11 is 0. The molecule has 0 aliphatic heterocycles. The van der Waals surface area contributed by atoms with E-state index < -0.39 is 11.9 Å². The van der Waals surface area contributed by atoms with Crippen LogP contribution in [0, 0.1) is 10.8 Å². The summed E-state index contributed by atoms with van der Waals surface area (Å²) in [7, 11) is 5.91. The Bertz CT molecular complexity index is 763. The van der Waals surface area contributed by atoms with Crippen molar-refractivity contribution in [2.45, 2.75) is 47.0 Å². The second-order valence-electron chi connectivity index (χ2n) is 12.1. The Hall–Kier alpha value is -2.46. The molecule has 0 saturated heterocycles. The Balaban J connectivity index is 5.01. The lowest BCUT2D eigenvalue weighted by molar-refractivity contribution is -0.914. The minimum absolute atomic E-state index is 0.0103. The van der Waals surface area contributed by atoms with Gasteiger partial charge in [-0.1, -0.05) is 34.3 Å². The van der Waals surface area contributed by atoms with E-state index in [1.165, 1.54) is 6.08 Å². The summed E-state index contributed by atoms with van der Waals surface area (Å²) in [6, 6.07) is 0. The van der Waals surface area contributed by atoms with Gasteiger partial charge in [0.15, 0.2) is 0 Å². The van der Waals surface area contributed by atoms with Gasteiger partial charge in [0, 0.05) is 23.9 Å². The van der Waals surface area contributed by atoms with Gasteiger partial charge in [-0.3, -0.25) is 19.2 Å². The van der Waals surface area contributed by atoms with Crippen molar-refractivity contribution >= 4 is 23.8 Å². The number of carboxylic acids is 2. The van der Waals surface area contributed by atoms with Crippen LogP contribution in [-0.4, -0.2) is 110 Å². The van der Waals surface area contributed by atoms with E-state index in [2.05, 4.69) is 17.2 Å². The van der Waals surface area contributed by atoms with Crippen molar-refractivity contribution in [3.63, 3.8) is 0 Å². The molecule has 0 spiro atoms. The van der Waals surface area contributed by atoms with Gasteiger partial charge in [0.1, 0.15) is 0 Å². The third-order valence-electron chi connectivity index (χ3n) is 6.03. The Labute approximate surface area is 210 Å². The molecule has 0 bridgehead atoms. The maximum absolute atomic E-state index is 12.7. The maximum Gasteiger partial charge on any atom is 0.309 e. The van der Waals surface area contributed by atoms with Gasteiger partial charge in [-0.2, -0.15) is 0 Å². The Morgan fingerprint density at radius 3 is 1.74 bits per heavy atom. The van der Waals surface area contributed by atoms with Crippen molar-refractivity contribution in [3.8, 4) is 0 Å². The Morgan fingerprint density at radius 1 is 0.771 bits per heavy atom. The Morgan fingerprint density at radius 2 is 1.23 bits per heavy atom. The lowest BCUT2D eigenvalue weighted by atomic mass is 9.91. The van der Waals surface area contributed by atoms with Gasteiger partial charge in [0.25, 0.3) is 0 Å². The third kappa shape index (κ3) is 15.9. The summed E-state index contributed by atoms with van der Waals surface area (Å²) in [5.74, 6) is -2.07. The Kier molecular flexibility index (Phi) is 12.6. The topological polar surface area (TPSA) is 133 Å². The molecule has 0 aromatic rings. The summed E-state index contributed by atoms with van der Waals surface area (Å²) in [6.07, 6.45) is 1.55. The lowest BCUT2D eigenvalue weighted by Gasteiger charge is -2.40. The number of hydrogen-bond acceptors (Lipinski definition) is 4. The molecule has 10 nitrogen and oxygen atoms in total. The van der Waals surface area contributed by atoms with Crippen LogP contribution in [-0.2, 0) is 19.2 Å². The zero-order valence-electron chi connectivity index (χ0n) is 22.8. The minimum atomic E-state index is -0.887. The van der Waals surface area contributed by atoms with E-state index >= 15 is 0 Å². The van der Waals surface area contributed by atoms with Crippen molar-refractivity contribution in [1.82, 2.24) is 10.6 Å². The maximum atomic E-state index is 12.7. The largest absolute Gasteiger partial charge is 0.481 e. The van der Waals surface area contributed by atoms with Crippen molar-refractivity contribution in [1.29, 1.82) is 0 Å². The van der Waals surface area contributed by atoms with Gasteiger partial charge in [-0.25, -0.2) is 0 Å². The number of hydrogen-bond donors (Lipinski definition) is 4. The van der Waals surface area contributed by atoms with Crippen LogP contribution < -0.4 is 10.6 Å². The molecule has 0 saturated carbocycles. The molecule has 0 aliphatic carbocycles. The summed E-state index contributed by atoms with van der Waals surface area (Å²) < 4.78 is 0.927. The van der Waals surface area contributed by atoms with Gasteiger partial charge in [0.05, 0.1) is 73.1 Å². The quantitative estimate of drug-likeness (QED) is 0.166. The molecule has 0 radical (unpaired) electrons. The summed E-state index contributed by atoms with van der Waals surface area (Å²) in [5.41, 5.74) is -0.547. The predicted octanol–water partition coefficient (Wildman–Crippen LogP) is 1.32. The molecular formula is C25H48N4O6+2. The van der Waals surface area contributed by atoms with E-state index in [9.17, 15) is 24.3 Å². The first-order valence-corrected chi connectivity index (χ1v) is 12.1. The second-order valence-corrected chi connectivity index (χ2v) is 12.1. The molecule has 0 fully saturated rings. The van der Waals surface area contributed by atoms with Crippen LogP contribution in [0.4, 0.5) is 0 Å². The van der Waals surface area contributed by atoms with Gasteiger partial charge >= 0.3 is 11.9 Å². The van der Waals surface area contributed by atoms with E-state index in [4.69, 9.17) is 5.11 Å². The van der Waals surface area contributed by atoms with Crippen LogP contribution in [0.1, 0.15) is 47.0 Å². The first kappa shape index (κ1) is 32.5. The average Bonchev–Trinajstić information content (AvgIpc) is 2.71. The van der Waals surface area contributed by atoms with Crippen molar-refractivity contribution in [3.05, 3.63) is 12.7 Å². The summed E-state index contributed by atoms with van der Waals surface area (Å²) in [6.45, 7) is 15.1. The SMILES string of the molecule is C=CC(=O)NCC(C)(C)C[N+](C)(CCC(=O)O)CCC(=O)NCC(C)(C)C[N+](C)(C)CCC(=O)O. The van der Waals surface area contributed by atoms with Crippen LogP contribution in [0.25, 0.3) is 0 Å².